The van der Waals surface area contributed by atoms with Gasteiger partial charge in [0.1, 0.15) is 5.15 Å². The van der Waals surface area contributed by atoms with Gasteiger partial charge < -0.3 is 5.32 Å². The maximum absolute atomic E-state index is 12.1. The fraction of sp³-hybridized carbons (Fsp3) is 0.0625. The molecular weight excluding hydrogens is 371 g/mol. The molecule has 0 saturated carbocycles. The van der Waals surface area contributed by atoms with Gasteiger partial charge in [0.05, 0.1) is 10.0 Å². The van der Waals surface area contributed by atoms with Crippen molar-refractivity contribution in [2.75, 3.05) is 10.6 Å². The Hall–Kier alpha value is -2.08. The van der Waals surface area contributed by atoms with E-state index in [1.807, 2.05) is 6.07 Å². The lowest BCUT2D eigenvalue weighted by atomic mass is 10.1. The lowest BCUT2D eigenvalue weighted by Crippen LogP contribution is -2.21. The highest BCUT2D eigenvalue weighted by Gasteiger charge is 2.08. The fourth-order valence-electron chi connectivity index (χ4n) is 2.17. The average molecular weight is 382 g/mol. The second kappa shape index (κ2) is 6.81. The fourth-order valence-corrected chi connectivity index (χ4v) is 2.75. The Kier molecular flexibility index (Phi) is 4.76. The van der Waals surface area contributed by atoms with Crippen LogP contribution in [-0.4, -0.2) is 16.0 Å². The molecule has 2 amide bonds. The minimum Gasteiger partial charge on any atom is -0.308 e. The summed E-state index contributed by atoms with van der Waals surface area (Å²) in [6.45, 7) is 1.76. The molecule has 3 rings (SSSR count). The predicted octanol–water partition coefficient (Wildman–Crippen LogP) is 5.54. The smallest absolute Gasteiger partial charge is 0.308 e. The Morgan fingerprint density at radius 2 is 1.62 bits per heavy atom. The summed E-state index contributed by atoms with van der Waals surface area (Å²) in [4.78, 5) is 20.1. The molecule has 0 aliphatic rings. The van der Waals surface area contributed by atoms with E-state index in [1.165, 1.54) is 0 Å². The number of nitrogens with one attached hydrogen (secondary N) is 2. The minimum absolute atomic E-state index is 0.133. The molecule has 5 nitrogen and oxygen atoms in total. The van der Waals surface area contributed by atoms with Crippen LogP contribution in [-0.2, 0) is 0 Å². The topological polar surface area (TPSA) is 66.9 Å². The van der Waals surface area contributed by atoms with E-state index in [-0.39, 0.29) is 11.1 Å². The molecule has 0 atom stereocenters. The number of rotatable bonds is 2. The Bertz CT molecular complexity index is 926. The number of hydrogen-bond acceptors (Lipinski definition) is 3. The summed E-state index contributed by atoms with van der Waals surface area (Å²) in [5.74, 6) is 0.133. The molecule has 0 saturated heterocycles. The predicted molar refractivity (Wildman–Crippen MR) is 98.4 cm³/mol. The highest BCUT2D eigenvalue weighted by atomic mass is 35.5. The average Bonchev–Trinajstić information content (AvgIpc) is 2.47. The molecule has 8 heteroatoms. The molecule has 0 unspecified atom stereocenters. The first-order valence-corrected chi connectivity index (χ1v) is 8.02. The number of carbonyl (C=O) groups is 1. The van der Waals surface area contributed by atoms with Crippen LogP contribution in [0, 0.1) is 6.92 Å². The van der Waals surface area contributed by atoms with Crippen molar-refractivity contribution in [3.05, 3.63) is 57.3 Å². The SMILES string of the molecule is Cc1cc(Cl)nc(NC(=O)Nc2ccc3cc(Cl)c(Cl)cc3c2)n1. The molecule has 0 aliphatic carbocycles. The van der Waals surface area contributed by atoms with E-state index in [1.54, 1.807) is 37.3 Å². The van der Waals surface area contributed by atoms with Crippen LogP contribution in [0.2, 0.25) is 15.2 Å². The highest BCUT2D eigenvalue weighted by molar-refractivity contribution is 6.42. The Labute approximate surface area is 153 Å². The van der Waals surface area contributed by atoms with Crippen LogP contribution in [0.25, 0.3) is 10.8 Å². The summed E-state index contributed by atoms with van der Waals surface area (Å²) in [6.07, 6.45) is 0. The Morgan fingerprint density at radius 3 is 2.33 bits per heavy atom. The summed E-state index contributed by atoms with van der Waals surface area (Å²) in [5.41, 5.74) is 1.25. The van der Waals surface area contributed by atoms with Gasteiger partial charge in [0.25, 0.3) is 0 Å². The van der Waals surface area contributed by atoms with E-state index < -0.39 is 6.03 Å². The van der Waals surface area contributed by atoms with Crippen LogP contribution in [0.1, 0.15) is 5.69 Å². The third-order valence-electron chi connectivity index (χ3n) is 3.19. The number of amides is 2. The van der Waals surface area contributed by atoms with E-state index in [0.29, 0.717) is 21.4 Å². The zero-order chi connectivity index (χ0) is 17.3. The molecule has 2 aromatic carbocycles. The van der Waals surface area contributed by atoms with Crippen molar-refractivity contribution >= 4 is 63.2 Å². The quantitative estimate of drug-likeness (QED) is 0.572. The van der Waals surface area contributed by atoms with Crippen LogP contribution in [0.3, 0.4) is 0 Å². The molecule has 24 heavy (non-hydrogen) atoms. The largest absolute Gasteiger partial charge is 0.326 e. The van der Waals surface area contributed by atoms with Crippen molar-refractivity contribution in [1.82, 2.24) is 9.97 Å². The van der Waals surface area contributed by atoms with Crippen molar-refractivity contribution in [2.24, 2.45) is 0 Å². The maximum atomic E-state index is 12.1. The molecule has 0 radical (unpaired) electrons. The van der Waals surface area contributed by atoms with Gasteiger partial charge in [-0.05, 0) is 48.0 Å². The molecule has 0 spiro atoms. The molecule has 3 aromatic rings. The zero-order valence-corrected chi connectivity index (χ0v) is 14.7. The van der Waals surface area contributed by atoms with Gasteiger partial charge in [-0.1, -0.05) is 40.9 Å². The van der Waals surface area contributed by atoms with Gasteiger partial charge in [-0.15, -0.1) is 0 Å². The van der Waals surface area contributed by atoms with Gasteiger partial charge in [-0.2, -0.15) is 0 Å². The summed E-state index contributed by atoms with van der Waals surface area (Å²) < 4.78 is 0. The molecule has 0 bridgehead atoms. The molecule has 2 N–H and O–H groups in total. The van der Waals surface area contributed by atoms with Gasteiger partial charge in [-0.25, -0.2) is 14.8 Å². The number of carbonyl (C=O) groups excluding carboxylic acids is 1. The van der Waals surface area contributed by atoms with Crippen molar-refractivity contribution in [3.8, 4) is 0 Å². The number of halogens is 3. The van der Waals surface area contributed by atoms with Crippen molar-refractivity contribution in [2.45, 2.75) is 6.92 Å². The van der Waals surface area contributed by atoms with Crippen LogP contribution in [0.5, 0.6) is 0 Å². The first kappa shape index (κ1) is 16.8. The van der Waals surface area contributed by atoms with Crippen molar-refractivity contribution in [1.29, 1.82) is 0 Å². The first-order chi connectivity index (χ1) is 11.4. The van der Waals surface area contributed by atoms with Crippen LogP contribution >= 0.6 is 34.8 Å². The third kappa shape index (κ3) is 3.87. The van der Waals surface area contributed by atoms with Crippen molar-refractivity contribution in [3.63, 3.8) is 0 Å². The maximum Gasteiger partial charge on any atom is 0.326 e. The van der Waals surface area contributed by atoms with Crippen molar-refractivity contribution < 1.29 is 4.79 Å². The Balaban J connectivity index is 1.78. The minimum atomic E-state index is -0.476. The number of nitrogens with zero attached hydrogens (tertiary/aromatic N) is 2. The summed E-state index contributed by atoms with van der Waals surface area (Å²) >= 11 is 17.9. The molecule has 0 aliphatic heterocycles. The number of fused-ring (bicyclic) bond motifs is 1. The molecule has 1 heterocycles. The summed E-state index contributed by atoms with van der Waals surface area (Å²) in [5, 5.41) is 8.22. The van der Waals surface area contributed by atoms with Gasteiger partial charge in [0.2, 0.25) is 5.95 Å². The highest BCUT2D eigenvalue weighted by Crippen LogP contribution is 2.29. The monoisotopic (exact) mass is 380 g/mol. The summed E-state index contributed by atoms with van der Waals surface area (Å²) in [7, 11) is 0. The number of aryl methyl sites for hydroxylation is 1. The number of benzene rings is 2. The Morgan fingerprint density at radius 1 is 0.917 bits per heavy atom. The number of hydrogen-bond donors (Lipinski definition) is 2. The second-order valence-electron chi connectivity index (χ2n) is 5.06. The molecule has 1 aromatic heterocycles. The van der Waals surface area contributed by atoms with E-state index in [2.05, 4.69) is 20.6 Å². The standard InChI is InChI=1S/C16H11Cl3N4O/c1-8-4-14(19)22-15(20-8)23-16(24)21-11-3-2-9-6-12(17)13(18)7-10(9)5-11/h2-7H,1H3,(H2,20,21,22,23,24). The van der Waals surface area contributed by atoms with E-state index in [9.17, 15) is 4.79 Å². The molecular formula is C16H11Cl3N4O. The lowest BCUT2D eigenvalue weighted by Gasteiger charge is -2.09. The number of aromatic nitrogens is 2. The number of anilines is 2. The van der Waals surface area contributed by atoms with Crippen LogP contribution in [0.15, 0.2) is 36.4 Å². The van der Waals surface area contributed by atoms with Gasteiger partial charge >= 0.3 is 6.03 Å². The van der Waals surface area contributed by atoms with Gasteiger partial charge in [0, 0.05) is 11.4 Å². The van der Waals surface area contributed by atoms with Crippen LogP contribution in [0.4, 0.5) is 16.4 Å². The normalized spacial score (nSPS) is 10.7. The van der Waals surface area contributed by atoms with E-state index in [0.717, 1.165) is 10.8 Å². The first-order valence-electron chi connectivity index (χ1n) is 6.89. The van der Waals surface area contributed by atoms with E-state index in [4.69, 9.17) is 34.8 Å². The second-order valence-corrected chi connectivity index (χ2v) is 6.26. The van der Waals surface area contributed by atoms with E-state index >= 15 is 0 Å². The molecule has 122 valence electrons. The zero-order valence-electron chi connectivity index (χ0n) is 12.4. The van der Waals surface area contributed by atoms with Crippen LogP contribution < -0.4 is 10.6 Å². The lowest BCUT2D eigenvalue weighted by molar-refractivity contribution is 0.262. The summed E-state index contributed by atoms with van der Waals surface area (Å²) in [6, 6.07) is 10.0. The third-order valence-corrected chi connectivity index (χ3v) is 4.10. The molecule has 0 fully saturated rings. The van der Waals surface area contributed by atoms with Gasteiger partial charge in [0.15, 0.2) is 0 Å². The van der Waals surface area contributed by atoms with Gasteiger partial charge in [-0.3, -0.25) is 5.32 Å². The number of urea groups is 1.